The maximum absolute atomic E-state index is 13.3. The average molecular weight is 409 g/mol. The maximum atomic E-state index is 13.3. The van der Waals surface area contributed by atoms with E-state index >= 15 is 0 Å². The highest BCUT2D eigenvalue weighted by atomic mass is 16.5. The van der Waals surface area contributed by atoms with Gasteiger partial charge in [-0.05, 0) is 45.0 Å². The van der Waals surface area contributed by atoms with Crippen LogP contribution < -0.4 is 0 Å². The van der Waals surface area contributed by atoms with Crippen LogP contribution in [0.25, 0.3) is 17.0 Å². The van der Waals surface area contributed by atoms with Gasteiger partial charge in [-0.3, -0.25) is 9.20 Å². The molecule has 3 aromatic rings. The van der Waals surface area contributed by atoms with Crippen LogP contribution in [0.5, 0.6) is 0 Å². The van der Waals surface area contributed by atoms with E-state index in [1.165, 1.54) is 0 Å². The third-order valence-electron chi connectivity index (χ3n) is 6.06. The summed E-state index contributed by atoms with van der Waals surface area (Å²) < 4.78 is 9.76. The van der Waals surface area contributed by atoms with Gasteiger partial charge in [0, 0.05) is 45.2 Å². The van der Waals surface area contributed by atoms with E-state index in [-0.39, 0.29) is 12.0 Å². The van der Waals surface area contributed by atoms with Gasteiger partial charge in [-0.2, -0.15) is 0 Å². The monoisotopic (exact) mass is 408 g/mol. The molecule has 5 heterocycles. The summed E-state index contributed by atoms with van der Waals surface area (Å²) in [7, 11) is 2.10. The second kappa shape index (κ2) is 8.20. The van der Waals surface area contributed by atoms with Crippen molar-refractivity contribution >= 4 is 11.4 Å². The Labute approximate surface area is 176 Å². The first kappa shape index (κ1) is 19.3. The highest BCUT2D eigenvalue weighted by Crippen LogP contribution is 2.24. The summed E-state index contributed by atoms with van der Waals surface area (Å²) in [4.78, 5) is 26.9. The Morgan fingerprint density at radius 3 is 3.00 bits per heavy atom. The number of pyridine rings is 1. The van der Waals surface area contributed by atoms with Gasteiger partial charge in [0.05, 0.1) is 17.9 Å². The van der Waals surface area contributed by atoms with Crippen LogP contribution in [0.3, 0.4) is 0 Å². The van der Waals surface area contributed by atoms with Crippen molar-refractivity contribution in [2.45, 2.75) is 31.9 Å². The fourth-order valence-electron chi connectivity index (χ4n) is 4.37. The fraction of sp³-hybridized carbons (Fsp3) is 0.500. The van der Waals surface area contributed by atoms with E-state index in [4.69, 9.17) is 9.72 Å². The molecular weight excluding hydrogens is 380 g/mol. The molecule has 3 aromatic heterocycles. The van der Waals surface area contributed by atoms with Crippen molar-refractivity contribution in [2.24, 2.45) is 0 Å². The lowest BCUT2D eigenvalue weighted by atomic mass is 10.2. The highest BCUT2D eigenvalue weighted by molar-refractivity contribution is 6.00. The van der Waals surface area contributed by atoms with E-state index in [0.717, 1.165) is 69.8 Å². The Kier molecular flexibility index (Phi) is 5.26. The van der Waals surface area contributed by atoms with Gasteiger partial charge in [-0.25, -0.2) is 9.97 Å². The van der Waals surface area contributed by atoms with Crippen molar-refractivity contribution in [1.82, 2.24) is 28.7 Å². The average Bonchev–Trinajstić information content (AvgIpc) is 3.47. The number of hydrogen-bond acceptors (Lipinski definition) is 5. The van der Waals surface area contributed by atoms with E-state index < -0.39 is 0 Å². The zero-order valence-electron chi connectivity index (χ0n) is 17.4. The lowest BCUT2D eigenvalue weighted by Gasteiger charge is -2.19. The number of rotatable bonds is 4. The molecule has 5 rings (SSSR count). The molecule has 1 atom stereocenters. The number of amides is 1. The smallest absolute Gasteiger partial charge is 0.274 e. The molecule has 0 aromatic carbocycles. The van der Waals surface area contributed by atoms with Crippen LogP contribution in [-0.4, -0.2) is 80.6 Å². The summed E-state index contributed by atoms with van der Waals surface area (Å²) in [5, 5.41) is 0. The SMILES string of the molecule is CN1CCCN(C(=O)c2nc(-c3cn(C[C@H]4CCCO4)cn3)n3ccccc23)CC1. The standard InChI is InChI=1S/C22H28N6O2/c1-25-8-5-9-27(12-11-25)22(29)20-19-7-2-3-10-28(19)21(24-20)18-15-26(16-23-18)14-17-6-4-13-30-17/h2-3,7,10,15-17H,4-6,8-9,11-14H2,1H3/t17-/m1/s1. The first-order valence-corrected chi connectivity index (χ1v) is 10.8. The third-order valence-corrected chi connectivity index (χ3v) is 6.06. The Morgan fingerprint density at radius 2 is 2.13 bits per heavy atom. The molecule has 0 radical (unpaired) electrons. The van der Waals surface area contributed by atoms with Crippen LogP contribution in [0.4, 0.5) is 0 Å². The Morgan fingerprint density at radius 1 is 1.20 bits per heavy atom. The largest absolute Gasteiger partial charge is 0.376 e. The number of hydrogen-bond donors (Lipinski definition) is 0. The van der Waals surface area contributed by atoms with Crippen molar-refractivity contribution in [3.8, 4) is 11.5 Å². The predicted molar refractivity (Wildman–Crippen MR) is 113 cm³/mol. The number of aromatic nitrogens is 4. The molecule has 0 bridgehead atoms. The maximum Gasteiger partial charge on any atom is 0.274 e. The lowest BCUT2D eigenvalue weighted by molar-refractivity contribution is 0.0759. The molecule has 0 N–H and O–H groups in total. The third kappa shape index (κ3) is 3.73. The molecule has 0 saturated carbocycles. The molecule has 158 valence electrons. The van der Waals surface area contributed by atoms with Crippen LogP contribution in [0.2, 0.25) is 0 Å². The minimum Gasteiger partial charge on any atom is -0.376 e. The lowest BCUT2D eigenvalue weighted by Crippen LogP contribution is -2.34. The van der Waals surface area contributed by atoms with Gasteiger partial charge in [0.15, 0.2) is 11.5 Å². The number of nitrogens with zero attached hydrogens (tertiary/aromatic N) is 6. The van der Waals surface area contributed by atoms with Crippen LogP contribution in [0.1, 0.15) is 29.8 Å². The summed E-state index contributed by atoms with van der Waals surface area (Å²) >= 11 is 0. The summed E-state index contributed by atoms with van der Waals surface area (Å²) in [5.74, 6) is 0.700. The van der Waals surface area contributed by atoms with Gasteiger partial charge in [0.1, 0.15) is 5.69 Å². The van der Waals surface area contributed by atoms with Gasteiger partial charge in [-0.1, -0.05) is 6.07 Å². The normalized spacial score (nSPS) is 20.7. The summed E-state index contributed by atoms with van der Waals surface area (Å²) in [5.41, 5.74) is 2.09. The van der Waals surface area contributed by atoms with Crippen LogP contribution in [-0.2, 0) is 11.3 Å². The Hall–Kier alpha value is -2.71. The molecule has 2 fully saturated rings. The molecule has 0 spiro atoms. The second-order valence-corrected chi connectivity index (χ2v) is 8.28. The molecule has 8 nitrogen and oxygen atoms in total. The molecule has 0 unspecified atom stereocenters. The van der Waals surface area contributed by atoms with E-state index in [9.17, 15) is 4.79 Å². The number of imidazole rings is 2. The molecule has 8 heteroatoms. The first-order chi connectivity index (χ1) is 14.7. The van der Waals surface area contributed by atoms with Crippen molar-refractivity contribution in [2.75, 3.05) is 39.8 Å². The summed E-state index contributed by atoms with van der Waals surface area (Å²) in [6.45, 7) is 5.03. The number of carbonyl (C=O) groups excluding carboxylic acids is 1. The number of ether oxygens (including phenoxy) is 1. The molecule has 0 aliphatic carbocycles. The van der Waals surface area contributed by atoms with Gasteiger partial charge in [0.2, 0.25) is 0 Å². The second-order valence-electron chi connectivity index (χ2n) is 8.28. The number of fused-ring (bicyclic) bond motifs is 1. The van der Waals surface area contributed by atoms with Crippen molar-refractivity contribution in [1.29, 1.82) is 0 Å². The summed E-state index contributed by atoms with van der Waals surface area (Å²) in [6, 6.07) is 5.86. The Bertz CT molecular complexity index is 1040. The minimum absolute atomic E-state index is 0.000890. The fourth-order valence-corrected chi connectivity index (χ4v) is 4.37. The highest BCUT2D eigenvalue weighted by Gasteiger charge is 2.25. The zero-order chi connectivity index (χ0) is 20.5. The summed E-state index contributed by atoms with van der Waals surface area (Å²) in [6.07, 6.45) is 9.21. The number of likely N-dealkylation sites (N-methyl/N-ethyl adjacent to an activating group) is 1. The molecule has 2 aliphatic rings. The van der Waals surface area contributed by atoms with Crippen LogP contribution in [0.15, 0.2) is 36.9 Å². The molecular formula is C22H28N6O2. The van der Waals surface area contributed by atoms with Crippen molar-refractivity contribution < 1.29 is 9.53 Å². The predicted octanol–water partition coefficient (Wildman–Crippen LogP) is 2.15. The van der Waals surface area contributed by atoms with Gasteiger partial charge >= 0.3 is 0 Å². The molecule has 1 amide bonds. The van der Waals surface area contributed by atoms with Crippen molar-refractivity contribution in [3.05, 3.63) is 42.6 Å². The van der Waals surface area contributed by atoms with Gasteiger partial charge < -0.3 is 19.1 Å². The molecule has 2 aliphatic heterocycles. The van der Waals surface area contributed by atoms with Gasteiger partial charge in [-0.15, -0.1) is 0 Å². The minimum atomic E-state index is -0.000890. The molecule has 2 saturated heterocycles. The first-order valence-electron chi connectivity index (χ1n) is 10.8. The topological polar surface area (TPSA) is 67.9 Å². The quantitative estimate of drug-likeness (QED) is 0.662. The van der Waals surface area contributed by atoms with Gasteiger partial charge in [0.25, 0.3) is 5.91 Å². The van der Waals surface area contributed by atoms with E-state index in [0.29, 0.717) is 11.5 Å². The zero-order valence-corrected chi connectivity index (χ0v) is 17.4. The van der Waals surface area contributed by atoms with Crippen LogP contribution >= 0.6 is 0 Å². The van der Waals surface area contributed by atoms with Crippen LogP contribution in [0, 0.1) is 0 Å². The van der Waals surface area contributed by atoms with E-state index in [1.54, 1.807) is 0 Å². The molecule has 30 heavy (non-hydrogen) atoms. The Balaban J connectivity index is 1.45. The van der Waals surface area contributed by atoms with E-state index in [2.05, 4.69) is 21.5 Å². The van der Waals surface area contributed by atoms with E-state index in [1.807, 2.05) is 46.2 Å². The number of carbonyl (C=O) groups is 1. The van der Waals surface area contributed by atoms with Crippen molar-refractivity contribution in [3.63, 3.8) is 0 Å².